The highest BCUT2D eigenvalue weighted by Gasteiger charge is 2.20. The van der Waals surface area contributed by atoms with Gasteiger partial charge >= 0.3 is 0 Å². The van der Waals surface area contributed by atoms with E-state index >= 15 is 0 Å². The van der Waals surface area contributed by atoms with Crippen LogP contribution in [0.25, 0.3) is 0 Å². The maximum absolute atomic E-state index is 6.11. The predicted octanol–water partition coefficient (Wildman–Crippen LogP) is 5.18. The van der Waals surface area contributed by atoms with E-state index in [1.165, 1.54) is 12.8 Å². The molecule has 1 aromatic carbocycles. The zero-order chi connectivity index (χ0) is 14.8. The van der Waals surface area contributed by atoms with Crippen LogP contribution in [0.3, 0.4) is 0 Å². The van der Waals surface area contributed by atoms with Gasteiger partial charge in [0, 0.05) is 28.7 Å². The van der Waals surface area contributed by atoms with Crippen molar-refractivity contribution in [2.24, 2.45) is 0 Å². The fourth-order valence-corrected chi connectivity index (χ4v) is 2.76. The molecule has 6 heteroatoms. The Balaban J connectivity index is 1.58. The fraction of sp³-hybridized carbons (Fsp3) is 0.333. The molecule has 1 N–H and O–H groups in total. The molecular formula is C15H14BrCl2NO2. The number of hydrogen-bond acceptors (Lipinski definition) is 3. The standard InChI is InChI=1S/C15H14BrCl2NO2/c16-12-4-14(18)15(5-13(12)17)21-8-11-3-9(7-20-11)6-19-10-1-2-10/h3-5,7,10,19H,1-2,6,8H2. The van der Waals surface area contributed by atoms with E-state index in [4.69, 9.17) is 32.4 Å². The highest BCUT2D eigenvalue weighted by molar-refractivity contribution is 9.10. The Labute approximate surface area is 141 Å². The van der Waals surface area contributed by atoms with Crippen LogP contribution in [0.15, 0.2) is 33.4 Å². The Hall–Kier alpha value is -0.680. The summed E-state index contributed by atoms with van der Waals surface area (Å²) < 4.78 is 11.9. The second kappa shape index (κ2) is 6.61. The lowest BCUT2D eigenvalue weighted by Gasteiger charge is -2.07. The number of furan rings is 1. The summed E-state index contributed by atoms with van der Waals surface area (Å²) in [7, 11) is 0. The molecule has 112 valence electrons. The smallest absolute Gasteiger partial charge is 0.146 e. The molecule has 3 rings (SSSR count). The third kappa shape index (κ3) is 4.16. The lowest BCUT2D eigenvalue weighted by Crippen LogP contribution is -2.14. The Morgan fingerprint density at radius 2 is 2.05 bits per heavy atom. The van der Waals surface area contributed by atoms with E-state index in [0.717, 1.165) is 22.3 Å². The van der Waals surface area contributed by atoms with Gasteiger partial charge in [-0.25, -0.2) is 0 Å². The fourth-order valence-electron chi connectivity index (χ4n) is 1.91. The topological polar surface area (TPSA) is 34.4 Å². The number of rotatable bonds is 6. The van der Waals surface area contributed by atoms with Crippen molar-refractivity contribution in [3.05, 3.63) is 50.3 Å². The van der Waals surface area contributed by atoms with Crippen molar-refractivity contribution >= 4 is 39.1 Å². The van der Waals surface area contributed by atoms with Crippen LogP contribution < -0.4 is 10.1 Å². The van der Waals surface area contributed by atoms with E-state index in [2.05, 4.69) is 21.2 Å². The normalized spacial score (nSPS) is 14.4. The molecule has 21 heavy (non-hydrogen) atoms. The Bertz CT molecular complexity index is 641. The van der Waals surface area contributed by atoms with E-state index in [9.17, 15) is 0 Å². The number of ether oxygens (including phenoxy) is 1. The molecule has 0 saturated heterocycles. The average Bonchev–Trinajstić information content (AvgIpc) is 3.18. The van der Waals surface area contributed by atoms with Crippen LogP contribution in [0.5, 0.6) is 5.75 Å². The molecule has 1 aliphatic rings. The minimum absolute atomic E-state index is 0.321. The van der Waals surface area contributed by atoms with Crippen molar-refractivity contribution in [1.82, 2.24) is 5.32 Å². The van der Waals surface area contributed by atoms with Gasteiger partial charge < -0.3 is 14.5 Å². The van der Waals surface area contributed by atoms with Crippen molar-refractivity contribution in [3.8, 4) is 5.75 Å². The molecule has 1 fully saturated rings. The van der Waals surface area contributed by atoms with Gasteiger partial charge in [0.05, 0.1) is 16.3 Å². The monoisotopic (exact) mass is 389 g/mol. The van der Waals surface area contributed by atoms with Gasteiger partial charge in [0.2, 0.25) is 0 Å². The minimum Gasteiger partial charge on any atom is -0.484 e. The van der Waals surface area contributed by atoms with E-state index in [1.807, 2.05) is 6.07 Å². The first kappa shape index (κ1) is 15.2. The van der Waals surface area contributed by atoms with Crippen molar-refractivity contribution < 1.29 is 9.15 Å². The van der Waals surface area contributed by atoms with Crippen LogP contribution >= 0.6 is 39.1 Å². The van der Waals surface area contributed by atoms with Gasteiger partial charge in [-0.3, -0.25) is 0 Å². The van der Waals surface area contributed by atoms with Crippen molar-refractivity contribution in [3.63, 3.8) is 0 Å². The molecule has 0 aliphatic heterocycles. The van der Waals surface area contributed by atoms with Gasteiger partial charge in [0.1, 0.15) is 18.1 Å². The van der Waals surface area contributed by atoms with E-state index in [-0.39, 0.29) is 0 Å². The Kier molecular flexibility index (Phi) is 4.79. The largest absolute Gasteiger partial charge is 0.484 e. The van der Waals surface area contributed by atoms with Crippen molar-refractivity contribution in [1.29, 1.82) is 0 Å². The van der Waals surface area contributed by atoms with E-state index in [1.54, 1.807) is 18.4 Å². The van der Waals surface area contributed by atoms with Crippen LogP contribution in [0.4, 0.5) is 0 Å². The maximum atomic E-state index is 6.11. The van der Waals surface area contributed by atoms with Gasteiger partial charge in [-0.1, -0.05) is 23.2 Å². The zero-order valence-corrected chi connectivity index (χ0v) is 14.3. The highest BCUT2D eigenvalue weighted by Crippen LogP contribution is 2.34. The van der Waals surface area contributed by atoms with Crippen LogP contribution in [-0.2, 0) is 13.2 Å². The summed E-state index contributed by atoms with van der Waals surface area (Å²) in [5.41, 5.74) is 1.13. The van der Waals surface area contributed by atoms with E-state index < -0.39 is 0 Å². The second-order valence-corrected chi connectivity index (χ2v) is 6.73. The zero-order valence-electron chi connectivity index (χ0n) is 11.2. The summed E-state index contributed by atoms with van der Waals surface area (Å²) in [6, 6.07) is 6.08. The summed E-state index contributed by atoms with van der Waals surface area (Å²) in [5, 5.41) is 4.50. The third-order valence-corrected chi connectivity index (χ3v) is 4.72. The Morgan fingerprint density at radius 3 is 2.81 bits per heavy atom. The van der Waals surface area contributed by atoms with Crippen LogP contribution in [0.1, 0.15) is 24.2 Å². The summed E-state index contributed by atoms with van der Waals surface area (Å²) in [4.78, 5) is 0. The van der Waals surface area contributed by atoms with E-state index in [0.29, 0.717) is 28.4 Å². The molecule has 0 bridgehead atoms. The predicted molar refractivity (Wildman–Crippen MR) is 87.1 cm³/mol. The van der Waals surface area contributed by atoms with Gasteiger partial charge in [-0.05, 0) is 40.9 Å². The average molecular weight is 391 g/mol. The molecular weight excluding hydrogens is 377 g/mol. The number of halogens is 3. The summed E-state index contributed by atoms with van der Waals surface area (Å²) >= 11 is 15.5. The molecule has 1 aromatic heterocycles. The lowest BCUT2D eigenvalue weighted by molar-refractivity contribution is 0.270. The minimum atomic E-state index is 0.321. The molecule has 0 amide bonds. The van der Waals surface area contributed by atoms with Gasteiger partial charge in [0.15, 0.2) is 0 Å². The quantitative estimate of drug-likeness (QED) is 0.690. The highest BCUT2D eigenvalue weighted by atomic mass is 79.9. The summed E-state index contributed by atoms with van der Waals surface area (Å²) in [6.07, 6.45) is 4.30. The van der Waals surface area contributed by atoms with Gasteiger partial charge in [0.25, 0.3) is 0 Å². The van der Waals surface area contributed by atoms with Crippen molar-refractivity contribution in [2.75, 3.05) is 0 Å². The molecule has 1 heterocycles. The first-order valence-corrected chi connectivity index (χ1v) is 8.24. The Morgan fingerprint density at radius 1 is 1.24 bits per heavy atom. The third-order valence-electron chi connectivity index (χ3n) is 3.23. The molecule has 1 saturated carbocycles. The lowest BCUT2D eigenvalue weighted by atomic mass is 10.3. The molecule has 0 unspecified atom stereocenters. The number of nitrogens with one attached hydrogen (secondary N) is 1. The van der Waals surface area contributed by atoms with Gasteiger partial charge in [-0.2, -0.15) is 0 Å². The SMILES string of the molecule is Clc1cc(OCc2cc(CNC3CC3)co2)c(Cl)cc1Br. The molecule has 0 atom stereocenters. The molecule has 1 aliphatic carbocycles. The number of hydrogen-bond donors (Lipinski definition) is 1. The molecule has 2 aromatic rings. The van der Waals surface area contributed by atoms with Crippen LogP contribution in [-0.4, -0.2) is 6.04 Å². The van der Waals surface area contributed by atoms with Crippen LogP contribution in [0.2, 0.25) is 10.0 Å². The van der Waals surface area contributed by atoms with Gasteiger partial charge in [-0.15, -0.1) is 0 Å². The molecule has 0 radical (unpaired) electrons. The van der Waals surface area contributed by atoms with Crippen molar-refractivity contribution in [2.45, 2.75) is 32.0 Å². The molecule has 0 spiro atoms. The maximum Gasteiger partial charge on any atom is 0.146 e. The summed E-state index contributed by atoms with van der Waals surface area (Å²) in [6.45, 7) is 1.15. The first-order valence-electron chi connectivity index (χ1n) is 6.69. The molecule has 3 nitrogen and oxygen atoms in total. The second-order valence-electron chi connectivity index (χ2n) is 5.06. The summed E-state index contributed by atoms with van der Waals surface area (Å²) in [5.74, 6) is 1.30. The number of benzene rings is 1. The van der Waals surface area contributed by atoms with Crippen LogP contribution in [0, 0.1) is 0 Å². The first-order chi connectivity index (χ1) is 10.1.